The summed E-state index contributed by atoms with van der Waals surface area (Å²) >= 11 is 0. The molecule has 2 aliphatic heterocycles. The maximum Gasteiger partial charge on any atom is 0.253 e. The molecule has 1 aliphatic carbocycles. The summed E-state index contributed by atoms with van der Waals surface area (Å²) in [6, 6.07) is 9.29. The van der Waals surface area contributed by atoms with Crippen molar-refractivity contribution >= 4 is 17.4 Å². The van der Waals surface area contributed by atoms with Crippen molar-refractivity contribution in [2.24, 2.45) is 5.92 Å². The lowest BCUT2D eigenvalue weighted by Gasteiger charge is -2.37. The monoisotopic (exact) mass is 532 g/mol. The van der Waals surface area contributed by atoms with Crippen molar-refractivity contribution in [3.05, 3.63) is 47.0 Å². The van der Waals surface area contributed by atoms with E-state index < -0.39 is 0 Å². The Labute approximate surface area is 230 Å². The van der Waals surface area contributed by atoms with E-state index in [-0.39, 0.29) is 18.1 Å². The third-order valence-electron chi connectivity index (χ3n) is 8.82. The first-order valence-corrected chi connectivity index (χ1v) is 14.5. The van der Waals surface area contributed by atoms with Gasteiger partial charge in [0, 0.05) is 31.1 Å². The van der Waals surface area contributed by atoms with Crippen LogP contribution in [0.5, 0.6) is 5.75 Å². The minimum Gasteiger partial charge on any atom is -0.485 e. The van der Waals surface area contributed by atoms with E-state index in [2.05, 4.69) is 51.2 Å². The van der Waals surface area contributed by atoms with Gasteiger partial charge in [-0.25, -0.2) is 4.98 Å². The second-order valence-corrected chi connectivity index (χ2v) is 11.6. The van der Waals surface area contributed by atoms with Crippen molar-refractivity contribution in [2.75, 3.05) is 37.7 Å². The zero-order valence-corrected chi connectivity index (χ0v) is 23.6. The summed E-state index contributed by atoms with van der Waals surface area (Å²) in [5.74, 6) is 3.18. The van der Waals surface area contributed by atoms with E-state index in [1.54, 1.807) is 4.52 Å². The van der Waals surface area contributed by atoms with Crippen LogP contribution in [0, 0.1) is 26.7 Å². The minimum absolute atomic E-state index is 0.105. The van der Waals surface area contributed by atoms with Crippen LogP contribution in [-0.4, -0.2) is 75.4 Å². The average molecular weight is 533 g/mol. The summed E-state index contributed by atoms with van der Waals surface area (Å²) in [6.07, 6.45) is 5.19. The number of carbonyl (C=O) groups excluding carboxylic acids is 1. The van der Waals surface area contributed by atoms with Crippen molar-refractivity contribution in [1.82, 2.24) is 24.5 Å². The van der Waals surface area contributed by atoms with Gasteiger partial charge >= 0.3 is 0 Å². The standard InChI is InChI=1S/C30H40N6O3/c1-19-18-38-16-15-35(19)29(37)25-7-5-23(6-8-25)24-9-11-26(12-10-24)34-14-13-27(17-34)39-28-20(2)31-30-32-22(4)33-36(30)21(28)3/h9-12,19,23,25,27H,5-8,13-18H2,1-4H3. The maximum atomic E-state index is 13.1. The number of hydrogen-bond donors (Lipinski definition) is 0. The predicted molar refractivity (Wildman–Crippen MR) is 149 cm³/mol. The molecule has 39 heavy (non-hydrogen) atoms. The van der Waals surface area contributed by atoms with Gasteiger partial charge in [0.1, 0.15) is 11.9 Å². The first kappa shape index (κ1) is 26.0. The molecule has 0 radical (unpaired) electrons. The average Bonchev–Trinajstić information content (AvgIpc) is 3.57. The molecule has 3 aromatic rings. The summed E-state index contributed by atoms with van der Waals surface area (Å²) in [6.45, 7) is 11.8. The fourth-order valence-corrected chi connectivity index (χ4v) is 6.58. The summed E-state index contributed by atoms with van der Waals surface area (Å²) in [7, 11) is 0. The van der Waals surface area contributed by atoms with Crippen LogP contribution >= 0.6 is 0 Å². The highest BCUT2D eigenvalue weighted by Gasteiger charge is 2.33. The van der Waals surface area contributed by atoms with Gasteiger partial charge < -0.3 is 19.3 Å². The molecule has 1 aromatic carbocycles. The van der Waals surface area contributed by atoms with Crippen molar-refractivity contribution in [2.45, 2.75) is 77.9 Å². The van der Waals surface area contributed by atoms with Crippen LogP contribution < -0.4 is 9.64 Å². The normalized spacial score (nSPS) is 25.8. The number of carbonyl (C=O) groups is 1. The molecule has 3 aliphatic rings. The van der Waals surface area contributed by atoms with Gasteiger partial charge in [-0.3, -0.25) is 4.79 Å². The molecule has 0 bridgehead atoms. The van der Waals surface area contributed by atoms with Gasteiger partial charge in [0.05, 0.1) is 37.2 Å². The molecule has 3 fully saturated rings. The molecule has 1 amide bonds. The third-order valence-corrected chi connectivity index (χ3v) is 8.82. The molecule has 9 heteroatoms. The second kappa shape index (κ2) is 10.8. The minimum atomic E-state index is 0.105. The lowest BCUT2D eigenvalue weighted by molar-refractivity contribution is -0.144. The Morgan fingerprint density at radius 2 is 1.77 bits per heavy atom. The van der Waals surface area contributed by atoms with Crippen LogP contribution in [0.1, 0.15) is 67.7 Å². The number of ether oxygens (including phenoxy) is 2. The Morgan fingerprint density at radius 3 is 2.51 bits per heavy atom. The Morgan fingerprint density at radius 1 is 1.00 bits per heavy atom. The highest BCUT2D eigenvalue weighted by atomic mass is 16.5. The smallest absolute Gasteiger partial charge is 0.253 e. The fraction of sp³-hybridized carbons (Fsp3) is 0.600. The molecule has 9 nitrogen and oxygen atoms in total. The van der Waals surface area contributed by atoms with Crippen molar-refractivity contribution in [3.8, 4) is 5.75 Å². The largest absolute Gasteiger partial charge is 0.485 e. The van der Waals surface area contributed by atoms with Crippen LogP contribution in [0.4, 0.5) is 5.69 Å². The zero-order chi connectivity index (χ0) is 27.1. The van der Waals surface area contributed by atoms with Gasteiger partial charge in [-0.15, -0.1) is 5.10 Å². The van der Waals surface area contributed by atoms with Gasteiger partial charge in [-0.2, -0.15) is 9.50 Å². The van der Waals surface area contributed by atoms with Crippen molar-refractivity contribution in [1.29, 1.82) is 0 Å². The van der Waals surface area contributed by atoms with Crippen LogP contribution in [-0.2, 0) is 9.53 Å². The van der Waals surface area contributed by atoms with E-state index in [0.29, 0.717) is 36.6 Å². The van der Waals surface area contributed by atoms with Gasteiger partial charge in [0.15, 0.2) is 5.75 Å². The number of hydrogen-bond acceptors (Lipinski definition) is 7. The van der Waals surface area contributed by atoms with E-state index >= 15 is 0 Å². The molecular formula is C30H40N6O3. The summed E-state index contributed by atoms with van der Waals surface area (Å²) in [4.78, 5) is 26.5. The molecule has 2 aromatic heterocycles. The maximum absolute atomic E-state index is 13.1. The molecule has 0 N–H and O–H groups in total. The van der Waals surface area contributed by atoms with E-state index in [1.807, 2.05) is 25.7 Å². The third kappa shape index (κ3) is 5.21. The molecule has 2 atom stereocenters. The van der Waals surface area contributed by atoms with Crippen molar-refractivity contribution < 1.29 is 14.3 Å². The van der Waals surface area contributed by atoms with E-state index in [4.69, 9.17) is 9.47 Å². The van der Waals surface area contributed by atoms with E-state index in [1.165, 1.54) is 11.3 Å². The molecule has 6 rings (SSSR count). The number of anilines is 1. The summed E-state index contributed by atoms with van der Waals surface area (Å²) in [5.41, 5.74) is 4.43. The lowest BCUT2D eigenvalue weighted by atomic mass is 9.78. The van der Waals surface area contributed by atoms with Gasteiger partial charge in [-0.05, 0) is 77.0 Å². The van der Waals surface area contributed by atoms with E-state index in [0.717, 1.165) is 68.9 Å². The Kier molecular flexibility index (Phi) is 7.18. The second-order valence-electron chi connectivity index (χ2n) is 11.6. The fourth-order valence-electron chi connectivity index (χ4n) is 6.58. The molecule has 0 spiro atoms. The molecule has 1 saturated carbocycles. The molecule has 2 unspecified atom stereocenters. The van der Waals surface area contributed by atoms with Gasteiger partial charge in [0.2, 0.25) is 5.91 Å². The van der Waals surface area contributed by atoms with Gasteiger partial charge in [0.25, 0.3) is 5.78 Å². The first-order chi connectivity index (χ1) is 18.9. The summed E-state index contributed by atoms with van der Waals surface area (Å²) < 4.78 is 13.8. The molecule has 2 saturated heterocycles. The number of benzene rings is 1. The topological polar surface area (TPSA) is 85.1 Å². The van der Waals surface area contributed by atoms with Crippen LogP contribution in [0.2, 0.25) is 0 Å². The first-order valence-electron chi connectivity index (χ1n) is 14.5. The number of aryl methyl sites for hydroxylation is 3. The van der Waals surface area contributed by atoms with Crippen LogP contribution in [0.25, 0.3) is 5.78 Å². The molecule has 4 heterocycles. The Balaban J connectivity index is 1.04. The quantitative estimate of drug-likeness (QED) is 0.486. The van der Waals surface area contributed by atoms with Crippen molar-refractivity contribution in [3.63, 3.8) is 0 Å². The number of fused-ring (bicyclic) bond motifs is 1. The SMILES string of the molecule is Cc1nc2nc(C)c(OC3CCN(c4ccc(C5CCC(C(=O)N6CCOCC6C)CC5)cc4)C3)c(C)n2n1. The number of amides is 1. The van der Waals surface area contributed by atoms with Gasteiger partial charge in [-0.1, -0.05) is 12.1 Å². The number of morpholine rings is 1. The summed E-state index contributed by atoms with van der Waals surface area (Å²) in [5, 5.41) is 4.46. The molecule has 208 valence electrons. The molecular weight excluding hydrogens is 492 g/mol. The highest BCUT2D eigenvalue weighted by Crippen LogP contribution is 2.38. The van der Waals surface area contributed by atoms with E-state index in [9.17, 15) is 4.79 Å². The highest BCUT2D eigenvalue weighted by molar-refractivity contribution is 5.79. The van der Waals surface area contributed by atoms with Crippen LogP contribution in [0.15, 0.2) is 24.3 Å². The Bertz CT molecular complexity index is 1330. The zero-order valence-electron chi connectivity index (χ0n) is 23.6. The number of rotatable bonds is 5. The van der Waals surface area contributed by atoms with Crippen LogP contribution in [0.3, 0.4) is 0 Å². The number of aromatic nitrogens is 4. The Hall–Kier alpha value is -3.20. The lowest BCUT2D eigenvalue weighted by Crippen LogP contribution is -2.49. The number of nitrogens with zero attached hydrogens (tertiary/aromatic N) is 6. The predicted octanol–water partition coefficient (Wildman–Crippen LogP) is 4.23.